The molecule has 0 bridgehead atoms. The molecule has 21 heavy (non-hydrogen) atoms. The lowest BCUT2D eigenvalue weighted by molar-refractivity contribution is -0.137. The second-order valence-electron chi connectivity index (χ2n) is 4.56. The summed E-state index contributed by atoms with van der Waals surface area (Å²) < 4.78 is 43.0. The van der Waals surface area contributed by atoms with Crippen LogP contribution in [0.3, 0.4) is 0 Å². The number of rotatable bonds is 4. The highest BCUT2D eigenvalue weighted by molar-refractivity contribution is 5.64. The Balaban J connectivity index is 2.42. The fourth-order valence-electron chi connectivity index (χ4n) is 2.08. The zero-order valence-corrected chi connectivity index (χ0v) is 11.4. The summed E-state index contributed by atoms with van der Waals surface area (Å²) in [4.78, 5) is 10.4. The zero-order chi connectivity index (χ0) is 15.6. The molecule has 0 saturated carbocycles. The van der Waals surface area contributed by atoms with Gasteiger partial charge in [-0.3, -0.25) is 9.89 Å². The van der Waals surface area contributed by atoms with Crippen LogP contribution < -0.4 is 0 Å². The fourth-order valence-corrected chi connectivity index (χ4v) is 2.08. The van der Waals surface area contributed by atoms with E-state index in [1.807, 2.05) is 0 Å². The third-order valence-electron chi connectivity index (χ3n) is 3.18. The van der Waals surface area contributed by atoms with Gasteiger partial charge in [0, 0.05) is 11.1 Å². The summed E-state index contributed by atoms with van der Waals surface area (Å²) >= 11 is 0. The van der Waals surface area contributed by atoms with Crippen LogP contribution in [-0.4, -0.2) is 16.7 Å². The third-order valence-corrected chi connectivity index (χ3v) is 3.18. The van der Waals surface area contributed by atoms with Crippen LogP contribution in [0.1, 0.15) is 29.8 Å². The maximum Gasteiger partial charge on any atom is 0.416 e. The molecule has 2 rings (SSSR count). The van der Waals surface area contributed by atoms with Crippen LogP contribution in [0.15, 0.2) is 24.3 Å². The average Bonchev–Trinajstić information content (AvgIpc) is 2.80. The molecule has 4 nitrogen and oxygen atoms in total. The number of aromatic amines is 1. The van der Waals surface area contributed by atoms with Crippen molar-refractivity contribution in [3.05, 3.63) is 41.1 Å². The Kier molecular flexibility index (Phi) is 4.02. The summed E-state index contributed by atoms with van der Waals surface area (Å²) in [5.74, 6) is 0. The van der Waals surface area contributed by atoms with Gasteiger partial charge >= 0.3 is 6.18 Å². The second-order valence-corrected chi connectivity index (χ2v) is 4.56. The van der Waals surface area contributed by atoms with Crippen molar-refractivity contribution in [1.29, 1.82) is 0 Å². The Bertz CT molecular complexity index is 650. The SMILES string of the molecule is Cc1c(-c2cccc(C(F)(F)F)c2)n[nH]c1C(C)OC=O. The molecule has 7 heteroatoms. The molecule has 0 aliphatic carbocycles. The zero-order valence-electron chi connectivity index (χ0n) is 11.4. The molecular weight excluding hydrogens is 285 g/mol. The van der Waals surface area contributed by atoms with Crippen molar-refractivity contribution < 1.29 is 22.7 Å². The monoisotopic (exact) mass is 298 g/mol. The van der Waals surface area contributed by atoms with Crippen molar-refractivity contribution in [1.82, 2.24) is 10.2 Å². The number of hydrogen-bond acceptors (Lipinski definition) is 3. The normalized spacial score (nSPS) is 13.0. The first-order chi connectivity index (χ1) is 9.84. The molecule has 1 N–H and O–H groups in total. The molecule has 1 aromatic heterocycles. The molecule has 112 valence electrons. The number of benzene rings is 1. The number of nitrogens with one attached hydrogen (secondary N) is 1. The number of ether oxygens (including phenoxy) is 1. The minimum absolute atomic E-state index is 0.314. The number of aromatic nitrogens is 2. The number of alkyl halides is 3. The first kappa shape index (κ1) is 15.1. The van der Waals surface area contributed by atoms with Crippen molar-refractivity contribution in [2.75, 3.05) is 0 Å². The summed E-state index contributed by atoms with van der Waals surface area (Å²) in [7, 11) is 0. The number of carbonyl (C=O) groups excluding carboxylic acids is 1. The van der Waals surface area contributed by atoms with E-state index in [1.165, 1.54) is 6.07 Å². The number of nitrogens with zero attached hydrogens (tertiary/aromatic N) is 1. The third kappa shape index (κ3) is 3.07. The van der Waals surface area contributed by atoms with Crippen molar-refractivity contribution >= 4 is 6.47 Å². The van der Waals surface area contributed by atoms with Crippen molar-refractivity contribution in [3.8, 4) is 11.3 Å². The molecule has 2 aromatic rings. The number of halogens is 3. The van der Waals surface area contributed by atoms with E-state index in [-0.39, 0.29) is 0 Å². The predicted octanol–water partition coefficient (Wildman–Crippen LogP) is 3.64. The highest BCUT2D eigenvalue weighted by Crippen LogP contribution is 2.33. The van der Waals surface area contributed by atoms with Crippen LogP contribution in [0.25, 0.3) is 11.3 Å². The Hall–Kier alpha value is -2.31. The van der Waals surface area contributed by atoms with E-state index in [0.29, 0.717) is 29.0 Å². The van der Waals surface area contributed by atoms with Crippen LogP contribution in [0.5, 0.6) is 0 Å². The summed E-state index contributed by atoms with van der Waals surface area (Å²) in [6, 6.07) is 4.92. The first-order valence-corrected chi connectivity index (χ1v) is 6.16. The van der Waals surface area contributed by atoms with Gasteiger partial charge < -0.3 is 4.74 Å². The van der Waals surface area contributed by atoms with Crippen molar-refractivity contribution in [2.45, 2.75) is 26.1 Å². The van der Waals surface area contributed by atoms with Gasteiger partial charge in [-0.2, -0.15) is 18.3 Å². The Morgan fingerprint density at radius 3 is 2.71 bits per heavy atom. The van der Waals surface area contributed by atoms with Gasteiger partial charge in [-0.25, -0.2) is 0 Å². The molecule has 1 heterocycles. The summed E-state index contributed by atoms with van der Waals surface area (Å²) in [5.41, 5.74) is 1.21. The van der Waals surface area contributed by atoms with E-state index >= 15 is 0 Å². The lowest BCUT2D eigenvalue weighted by atomic mass is 10.0. The molecule has 0 amide bonds. The van der Waals surface area contributed by atoms with Crippen molar-refractivity contribution in [2.24, 2.45) is 0 Å². The van der Waals surface area contributed by atoms with Gasteiger partial charge in [-0.1, -0.05) is 12.1 Å². The molecule has 1 unspecified atom stereocenters. The van der Waals surface area contributed by atoms with E-state index in [2.05, 4.69) is 10.2 Å². The van der Waals surface area contributed by atoms with Crippen LogP contribution >= 0.6 is 0 Å². The van der Waals surface area contributed by atoms with E-state index in [0.717, 1.165) is 12.1 Å². The quantitative estimate of drug-likeness (QED) is 0.877. The lowest BCUT2D eigenvalue weighted by Gasteiger charge is -2.09. The van der Waals surface area contributed by atoms with Gasteiger partial charge in [0.15, 0.2) is 0 Å². The minimum atomic E-state index is -4.41. The number of hydrogen-bond donors (Lipinski definition) is 1. The largest absolute Gasteiger partial charge is 0.458 e. The molecule has 0 radical (unpaired) electrons. The fraction of sp³-hybridized carbons (Fsp3) is 0.286. The van der Waals surface area contributed by atoms with Gasteiger partial charge in [-0.05, 0) is 26.0 Å². The van der Waals surface area contributed by atoms with E-state index in [9.17, 15) is 18.0 Å². The summed E-state index contributed by atoms with van der Waals surface area (Å²) in [5, 5.41) is 6.72. The highest BCUT2D eigenvalue weighted by Gasteiger charge is 2.30. The van der Waals surface area contributed by atoms with E-state index in [1.54, 1.807) is 19.9 Å². The van der Waals surface area contributed by atoms with E-state index < -0.39 is 17.8 Å². The molecule has 0 fully saturated rings. The van der Waals surface area contributed by atoms with Crippen LogP contribution in [0, 0.1) is 6.92 Å². The molecule has 0 saturated heterocycles. The second kappa shape index (κ2) is 5.59. The highest BCUT2D eigenvalue weighted by atomic mass is 19.4. The van der Waals surface area contributed by atoms with Gasteiger partial charge in [-0.15, -0.1) is 0 Å². The average molecular weight is 298 g/mol. The van der Waals surface area contributed by atoms with Crippen LogP contribution in [-0.2, 0) is 15.7 Å². The lowest BCUT2D eigenvalue weighted by Crippen LogP contribution is -2.04. The maximum atomic E-state index is 12.7. The summed E-state index contributed by atoms with van der Waals surface area (Å²) in [6.45, 7) is 3.67. The van der Waals surface area contributed by atoms with Crippen LogP contribution in [0.4, 0.5) is 13.2 Å². The number of H-pyrrole nitrogens is 1. The smallest absolute Gasteiger partial charge is 0.416 e. The Labute approximate surface area is 118 Å². The predicted molar refractivity (Wildman–Crippen MR) is 69.3 cm³/mol. The first-order valence-electron chi connectivity index (χ1n) is 6.16. The molecule has 0 aliphatic heterocycles. The summed E-state index contributed by atoms with van der Waals surface area (Å²) in [6.07, 6.45) is -4.95. The minimum Gasteiger partial charge on any atom is -0.458 e. The standard InChI is InChI=1S/C14H13F3N2O2/c1-8-12(9(2)21-7-20)18-19-13(8)10-4-3-5-11(6-10)14(15,16)17/h3-7,9H,1-2H3,(H,18,19). The Morgan fingerprint density at radius 1 is 1.38 bits per heavy atom. The van der Waals surface area contributed by atoms with Gasteiger partial charge in [0.25, 0.3) is 6.47 Å². The molecule has 1 atom stereocenters. The molecule has 1 aromatic carbocycles. The molecular formula is C14H13F3N2O2. The van der Waals surface area contributed by atoms with Crippen molar-refractivity contribution in [3.63, 3.8) is 0 Å². The topological polar surface area (TPSA) is 55.0 Å². The van der Waals surface area contributed by atoms with E-state index in [4.69, 9.17) is 4.74 Å². The number of carbonyl (C=O) groups is 1. The van der Waals surface area contributed by atoms with Crippen LogP contribution in [0.2, 0.25) is 0 Å². The molecule has 0 spiro atoms. The molecule has 0 aliphatic rings. The van der Waals surface area contributed by atoms with Gasteiger partial charge in [0.05, 0.1) is 17.0 Å². The van der Waals surface area contributed by atoms with Gasteiger partial charge in [0.2, 0.25) is 0 Å². The van der Waals surface area contributed by atoms with Gasteiger partial charge in [0.1, 0.15) is 6.10 Å². The maximum absolute atomic E-state index is 12.7. The Morgan fingerprint density at radius 2 is 2.10 bits per heavy atom.